The number of hydrogen-bond donors (Lipinski definition) is 1. The van der Waals surface area contributed by atoms with Gasteiger partial charge in [0, 0.05) is 24.7 Å². The average molecular weight is 268 g/mol. The molecule has 0 amide bonds. The minimum Gasteiger partial charge on any atom is -0.481 e. The summed E-state index contributed by atoms with van der Waals surface area (Å²) in [6, 6.07) is 1.74. The maximum absolute atomic E-state index is 13.2. The minimum absolute atomic E-state index is 0.0111. The first-order valence-corrected chi connectivity index (χ1v) is 6.49. The van der Waals surface area contributed by atoms with Gasteiger partial charge < -0.3 is 5.11 Å². The Morgan fingerprint density at radius 2 is 2.11 bits per heavy atom. The molecule has 0 spiro atoms. The molecular weight excluding hydrogens is 247 g/mol. The number of halogens is 1. The van der Waals surface area contributed by atoms with Crippen molar-refractivity contribution in [3.05, 3.63) is 29.8 Å². The van der Waals surface area contributed by atoms with Crippen molar-refractivity contribution in [1.29, 1.82) is 0 Å². The summed E-state index contributed by atoms with van der Waals surface area (Å²) in [4.78, 5) is 16.6. The Kier molecular flexibility index (Phi) is 5.89. The van der Waals surface area contributed by atoms with Crippen molar-refractivity contribution < 1.29 is 14.3 Å². The monoisotopic (exact) mass is 268 g/mol. The Bertz CT molecular complexity index is 424. The molecule has 1 N–H and O–H groups in total. The van der Waals surface area contributed by atoms with Crippen LogP contribution < -0.4 is 0 Å². The lowest BCUT2D eigenvalue weighted by molar-refractivity contribution is -0.137. The van der Waals surface area contributed by atoms with Crippen molar-refractivity contribution >= 4 is 5.97 Å². The highest BCUT2D eigenvalue weighted by Gasteiger charge is 2.19. The zero-order valence-corrected chi connectivity index (χ0v) is 11.6. The fourth-order valence-corrected chi connectivity index (χ4v) is 2.16. The first-order valence-electron chi connectivity index (χ1n) is 6.49. The Balaban J connectivity index is 2.72. The Labute approximate surface area is 113 Å². The van der Waals surface area contributed by atoms with E-state index in [-0.39, 0.29) is 24.3 Å². The second-order valence-electron chi connectivity index (χ2n) is 4.94. The van der Waals surface area contributed by atoms with Crippen molar-refractivity contribution in [3.63, 3.8) is 0 Å². The SMILES string of the molecule is CC(C)N(CCCC(=O)O)C(C)c1cncc(F)c1. The van der Waals surface area contributed by atoms with Crippen molar-refractivity contribution in [2.45, 2.75) is 45.7 Å². The molecule has 1 heterocycles. The van der Waals surface area contributed by atoms with E-state index in [1.807, 2.05) is 20.8 Å². The maximum atomic E-state index is 13.2. The van der Waals surface area contributed by atoms with Crippen LogP contribution in [-0.4, -0.2) is 33.5 Å². The lowest BCUT2D eigenvalue weighted by Gasteiger charge is -2.32. The lowest BCUT2D eigenvalue weighted by Crippen LogP contribution is -2.34. The van der Waals surface area contributed by atoms with E-state index >= 15 is 0 Å². The molecule has 1 aromatic heterocycles. The fraction of sp³-hybridized carbons (Fsp3) is 0.571. The van der Waals surface area contributed by atoms with E-state index in [0.717, 1.165) is 5.56 Å². The van der Waals surface area contributed by atoms with Gasteiger partial charge in [0.1, 0.15) is 5.82 Å². The average Bonchev–Trinajstić information content (AvgIpc) is 2.33. The van der Waals surface area contributed by atoms with Crippen molar-refractivity contribution in [3.8, 4) is 0 Å². The highest BCUT2D eigenvalue weighted by molar-refractivity contribution is 5.66. The minimum atomic E-state index is -0.788. The van der Waals surface area contributed by atoms with E-state index in [9.17, 15) is 9.18 Å². The van der Waals surface area contributed by atoms with E-state index < -0.39 is 5.97 Å². The number of carbonyl (C=O) groups is 1. The van der Waals surface area contributed by atoms with Crippen LogP contribution in [-0.2, 0) is 4.79 Å². The van der Waals surface area contributed by atoms with Gasteiger partial charge in [0.2, 0.25) is 0 Å². The van der Waals surface area contributed by atoms with Gasteiger partial charge in [0.25, 0.3) is 0 Å². The third kappa shape index (κ3) is 4.95. The van der Waals surface area contributed by atoms with E-state index in [1.165, 1.54) is 12.3 Å². The van der Waals surface area contributed by atoms with Crippen molar-refractivity contribution in [2.24, 2.45) is 0 Å². The molecule has 0 aromatic carbocycles. The van der Waals surface area contributed by atoms with Crippen LogP contribution in [0.25, 0.3) is 0 Å². The van der Waals surface area contributed by atoms with Gasteiger partial charge in [-0.15, -0.1) is 0 Å². The molecule has 0 aliphatic rings. The fourth-order valence-electron chi connectivity index (χ4n) is 2.16. The van der Waals surface area contributed by atoms with Gasteiger partial charge in [0.15, 0.2) is 0 Å². The zero-order valence-electron chi connectivity index (χ0n) is 11.6. The number of nitrogens with zero attached hydrogens (tertiary/aromatic N) is 2. The summed E-state index contributed by atoms with van der Waals surface area (Å²) in [5.74, 6) is -1.14. The Hall–Kier alpha value is -1.49. The lowest BCUT2D eigenvalue weighted by atomic mass is 10.1. The smallest absolute Gasteiger partial charge is 0.303 e. The number of carboxylic acids is 1. The van der Waals surface area contributed by atoms with Crippen LogP contribution >= 0.6 is 0 Å². The first kappa shape index (κ1) is 15.6. The van der Waals surface area contributed by atoms with Crippen LogP contribution in [0.5, 0.6) is 0 Å². The largest absolute Gasteiger partial charge is 0.481 e. The van der Waals surface area contributed by atoms with Crippen LogP contribution in [0.2, 0.25) is 0 Å². The maximum Gasteiger partial charge on any atom is 0.303 e. The van der Waals surface area contributed by atoms with E-state index in [1.54, 1.807) is 6.20 Å². The summed E-state index contributed by atoms with van der Waals surface area (Å²) in [6.45, 7) is 6.74. The molecule has 1 atom stereocenters. The molecule has 0 saturated carbocycles. The molecule has 106 valence electrons. The van der Waals surface area contributed by atoms with Gasteiger partial charge in [-0.2, -0.15) is 0 Å². The summed E-state index contributed by atoms with van der Waals surface area (Å²) in [5, 5.41) is 8.68. The molecule has 19 heavy (non-hydrogen) atoms. The number of aliphatic carboxylic acids is 1. The second kappa shape index (κ2) is 7.19. The number of aromatic nitrogens is 1. The first-order chi connectivity index (χ1) is 8.91. The molecule has 0 aliphatic heterocycles. The van der Waals surface area contributed by atoms with Gasteiger partial charge in [-0.25, -0.2) is 4.39 Å². The number of pyridine rings is 1. The van der Waals surface area contributed by atoms with E-state index in [0.29, 0.717) is 13.0 Å². The van der Waals surface area contributed by atoms with Crippen LogP contribution in [0.1, 0.15) is 45.2 Å². The highest BCUT2D eigenvalue weighted by atomic mass is 19.1. The Morgan fingerprint density at radius 3 is 2.63 bits per heavy atom. The van der Waals surface area contributed by atoms with E-state index in [2.05, 4.69) is 9.88 Å². The third-order valence-electron chi connectivity index (χ3n) is 3.18. The zero-order chi connectivity index (χ0) is 14.4. The van der Waals surface area contributed by atoms with Crippen molar-refractivity contribution in [1.82, 2.24) is 9.88 Å². The summed E-state index contributed by atoms with van der Waals surface area (Å²) >= 11 is 0. The van der Waals surface area contributed by atoms with Gasteiger partial charge in [-0.05, 0) is 45.4 Å². The predicted octanol–water partition coefficient (Wildman–Crippen LogP) is 2.86. The quantitative estimate of drug-likeness (QED) is 0.826. The molecule has 5 heteroatoms. The summed E-state index contributed by atoms with van der Waals surface area (Å²) in [5.41, 5.74) is 0.809. The van der Waals surface area contributed by atoms with Crippen LogP contribution in [0, 0.1) is 5.82 Å². The van der Waals surface area contributed by atoms with Crippen LogP contribution in [0.15, 0.2) is 18.5 Å². The van der Waals surface area contributed by atoms with E-state index in [4.69, 9.17) is 5.11 Å². The second-order valence-corrected chi connectivity index (χ2v) is 4.94. The van der Waals surface area contributed by atoms with Gasteiger partial charge in [-0.3, -0.25) is 14.7 Å². The van der Waals surface area contributed by atoms with Crippen molar-refractivity contribution in [2.75, 3.05) is 6.54 Å². The van der Waals surface area contributed by atoms with Gasteiger partial charge in [0.05, 0.1) is 6.20 Å². The molecule has 1 rings (SSSR count). The van der Waals surface area contributed by atoms with Gasteiger partial charge in [-0.1, -0.05) is 0 Å². The molecule has 0 bridgehead atoms. The molecule has 0 aliphatic carbocycles. The highest BCUT2D eigenvalue weighted by Crippen LogP contribution is 2.22. The Morgan fingerprint density at radius 1 is 1.42 bits per heavy atom. The third-order valence-corrected chi connectivity index (χ3v) is 3.18. The molecule has 4 nitrogen and oxygen atoms in total. The topological polar surface area (TPSA) is 53.4 Å². The number of rotatable bonds is 7. The normalized spacial score (nSPS) is 12.9. The molecule has 1 aromatic rings. The molecule has 1 unspecified atom stereocenters. The molecule has 0 radical (unpaired) electrons. The van der Waals surface area contributed by atoms with Crippen LogP contribution in [0.3, 0.4) is 0 Å². The number of hydrogen-bond acceptors (Lipinski definition) is 3. The van der Waals surface area contributed by atoms with Crippen LogP contribution in [0.4, 0.5) is 4.39 Å². The predicted molar refractivity (Wildman–Crippen MR) is 71.3 cm³/mol. The summed E-state index contributed by atoms with van der Waals surface area (Å²) < 4.78 is 13.2. The summed E-state index contributed by atoms with van der Waals surface area (Å²) in [7, 11) is 0. The van der Waals surface area contributed by atoms with Gasteiger partial charge >= 0.3 is 5.97 Å². The molecule has 0 fully saturated rings. The number of carboxylic acid groups (broad SMARTS) is 1. The molecule has 0 saturated heterocycles. The molecular formula is C14H21FN2O2. The summed E-state index contributed by atoms with van der Waals surface area (Å²) in [6.07, 6.45) is 3.57. The standard InChI is InChI=1S/C14H21FN2O2/c1-10(2)17(6-4-5-14(18)19)11(3)12-7-13(15)9-16-8-12/h7-11H,4-6H2,1-3H3,(H,18,19).